The lowest BCUT2D eigenvalue weighted by molar-refractivity contribution is 0.536. The van der Waals surface area contributed by atoms with Gasteiger partial charge in [-0.3, -0.25) is 0 Å². The Morgan fingerprint density at radius 2 is 2.17 bits per heavy atom. The molecule has 1 aliphatic heterocycles. The second kappa shape index (κ2) is 3.89. The summed E-state index contributed by atoms with van der Waals surface area (Å²) in [5.74, 6) is 2.52. The number of nitrogens with zero attached hydrogens (tertiary/aromatic N) is 2. The standard InChI is InChI=1S/C15H19N3/c1-9-13-3-2-4-14(13)18-15(17-9)10-5-11-7-16-8-12(11)6-10/h5,11-12,16H,2-4,6-8H2,1H3. The number of hydrogen-bond acceptors (Lipinski definition) is 3. The zero-order valence-electron chi connectivity index (χ0n) is 10.9. The van der Waals surface area contributed by atoms with Crippen LogP contribution in [0.5, 0.6) is 0 Å². The third-order valence-electron chi connectivity index (χ3n) is 4.72. The average molecular weight is 241 g/mol. The zero-order chi connectivity index (χ0) is 12.1. The smallest absolute Gasteiger partial charge is 0.155 e. The van der Waals surface area contributed by atoms with E-state index in [0.29, 0.717) is 0 Å². The number of allylic oxidation sites excluding steroid dienone is 1. The molecule has 2 atom stereocenters. The van der Waals surface area contributed by atoms with Crippen LogP contribution in [0.4, 0.5) is 0 Å². The van der Waals surface area contributed by atoms with E-state index in [0.717, 1.165) is 43.6 Å². The van der Waals surface area contributed by atoms with Gasteiger partial charge in [0.25, 0.3) is 0 Å². The molecule has 3 heteroatoms. The fraction of sp³-hybridized carbons (Fsp3) is 0.600. The third kappa shape index (κ3) is 1.53. The van der Waals surface area contributed by atoms with Gasteiger partial charge in [-0.05, 0) is 62.1 Å². The number of fused-ring (bicyclic) bond motifs is 2. The number of rotatable bonds is 1. The van der Waals surface area contributed by atoms with E-state index < -0.39 is 0 Å². The van der Waals surface area contributed by atoms with Gasteiger partial charge in [-0.25, -0.2) is 9.97 Å². The summed E-state index contributed by atoms with van der Waals surface area (Å²) >= 11 is 0. The lowest BCUT2D eigenvalue weighted by atomic mass is 10.00. The van der Waals surface area contributed by atoms with Crippen LogP contribution >= 0.6 is 0 Å². The van der Waals surface area contributed by atoms with Crippen molar-refractivity contribution in [2.45, 2.75) is 32.6 Å². The van der Waals surface area contributed by atoms with Crippen molar-refractivity contribution in [3.05, 3.63) is 28.9 Å². The van der Waals surface area contributed by atoms with Crippen molar-refractivity contribution in [2.75, 3.05) is 13.1 Å². The van der Waals surface area contributed by atoms with Crippen LogP contribution < -0.4 is 5.32 Å². The van der Waals surface area contributed by atoms with E-state index in [9.17, 15) is 0 Å². The average Bonchev–Trinajstić information content (AvgIpc) is 3.02. The molecule has 1 aromatic rings. The van der Waals surface area contributed by atoms with E-state index in [1.807, 2.05) is 0 Å². The molecule has 2 heterocycles. The van der Waals surface area contributed by atoms with Gasteiger partial charge in [0, 0.05) is 17.9 Å². The molecule has 3 aliphatic rings. The molecule has 1 aromatic heterocycles. The second-order valence-corrected chi connectivity index (χ2v) is 5.89. The Hall–Kier alpha value is -1.22. The summed E-state index contributed by atoms with van der Waals surface area (Å²) in [7, 11) is 0. The van der Waals surface area contributed by atoms with E-state index in [-0.39, 0.29) is 0 Å². The molecule has 94 valence electrons. The maximum atomic E-state index is 4.82. The Labute approximate surface area is 108 Å². The molecule has 0 bridgehead atoms. The van der Waals surface area contributed by atoms with Crippen LogP contribution in [-0.2, 0) is 12.8 Å². The van der Waals surface area contributed by atoms with Gasteiger partial charge < -0.3 is 5.32 Å². The Kier molecular flexibility index (Phi) is 2.31. The minimum Gasteiger partial charge on any atom is -0.316 e. The van der Waals surface area contributed by atoms with Crippen molar-refractivity contribution < 1.29 is 0 Å². The molecular formula is C15H19N3. The van der Waals surface area contributed by atoms with E-state index in [1.165, 1.54) is 35.4 Å². The number of nitrogens with one attached hydrogen (secondary N) is 1. The zero-order valence-corrected chi connectivity index (χ0v) is 10.9. The fourth-order valence-electron chi connectivity index (χ4n) is 3.71. The summed E-state index contributed by atoms with van der Waals surface area (Å²) in [6, 6.07) is 0. The summed E-state index contributed by atoms with van der Waals surface area (Å²) in [5, 5.41) is 3.46. The van der Waals surface area contributed by atoms with Gasteiger partial charge in [-0.1, -0.05) is 6.08 Å². The van der Waals surface area contributed by atoms with Crippen LogP contribution in [-0.4, -0.2) is 23.1 Å². The Balaban J connectivity index is 1.72. The van der Waals surface area contributed by atoms with Crippen LogP contribution in [0.25, 0.3) is 5.57 Å². The molecule has 0 amide bonds. The molecule has 4 rings (SSSR count). The van der Waals surface area contributed by atoms with E-state index in [1.54, 1.807) is 0 Å². The third-order valence-corrected chi connectivity index (χ3v) is 4.72. The normalized spacial score (nSPS) is 29.3. The van der Waals surface area contributed by atoms with Gasteiger partial charge in [0.05, 0.1) is 0 Å². The fourth-order valence-corrected chi connectivity index (χ4v) is 3.71. The van der Waals surface area contributed by atoms with E-state index in [4.69, 9.17) is 9.97 Å². The van der Waals surface area contributed by atoms with Crippen LogP contribution in [0.15, 0.2) is 6.08 Å². The van der Waals surface area contributed by atoms with Gasteiger partial charge in [-0.2, -0.15) is 0 Å². The summed E-state index contributed by atoms with van der Waals surface area (Å²) in [4.78, 5) is 9.58. The van der Waals surface area contributed by atoms with Crippen molar-refractivity contribution in [3.63, 3.8) is 0 Å². The molecule has 3 nitrogen and oxygen atoms in total. The molecule has 2 unspecified atom stereocenters. The summed E-state index contributed by atoms with van der Waals surface area (Å²) in [6.45, 7) is 4.44. The van der Waals surface area contributed by atoms with Gasteiger partial charge in [0.2, 0.25) is 0 Å². The maximum Gasteiger partial charge on any atom is 0.155 e. The number of hydrogen-bond donors (Lipinski definition) is 1. The number of aryl methyl sites for hydroxylation is 2. The lowest BCUT2D eigenvalue weighted by Gasteiger charge is -2.09. The first kappa shape index (κ1) is 10.7. The van der Waals surface area contributed by atoms with Crippen molar-refractivity contribution in [1.82, 2.24) is 15.3 Å². The quantitative estimate of drug-likeness (QED) is 0.816. The number of aromatic nitrogens is 2. The highest BCUT2D eigenvalue weighted by Gasteiger charge is 2.33. The topological polar surface area (TPSA) is 37.8 Å². The molecule has 2 aliphatic carbocycles. The first-order valence-corrected chi connectivity index (χ1v) is 7.09. The van der Waals surface area contributed by atoms with Crippen LogP contribution in [0.2, 0.25) is 0 Å². The minimum absolute atomic E-state index is 0.720. The van der Waals surface area contributed by atoms with Gasteiger partial charge >= 0.3 is 0 Å². The highest BCUT2D eigenvalue weighted by Crippen LogP contribution is 2.37. The molecule has 0 spiro atoms. The lowest BCUT2D eigenvalue weighted by Crippen LogP contribution is -2.10. The van der Waals surface area contributed by atoms with Gasteiger partial charge in [0.15, 0.2) is 5.82 Å². The van der Waals surface area contributed by atoms with Crippen molar-refractivity contribution in [2.24, 2.45) is 11.8 Å². The Morgan fingerprint density at radius 3 is 3.06 bits per heavy atom. The Morgan fingerprint density at radius 1 is 1.22 bits per heavy atom. The highest BCUT2D eigenvalue weighted by molar-refractivity contribution is 5.64. The largest absolute Gasteiger partial charge is 0.316 e. The molecular weight excluding hydrogens is 222 g/mol. The predicted octanol–water partition coefficient (Wildman–Crippen LogP) is 1.90. The second-order valence-electron chi connectivity index (χ2n) is 5.89. The molecule has 1 fully saturated rings. The Bertz CT molecular complexity index is 533. The van der Waals surface area contributed by atoms with Crippen molar-refractivity contribution >= 4 is 5.57 Å². The van der Waals surface area contributed by atoms with Crippen molar-refractivity contribution in [1.29, 1.82) is 0 Å². The van der Waals surface area contributed by atoms with E-state index >= 15 is 0 Å². The molecule has 18 heavy (non-hydrogen) atoms. The van der Waals surface area contributed by atoms with Gasteiger partial charge in [0.1, 0.15) is 0 Å². The first-order valence-electron chi connectivity index (χ1n) is 7.09. The monoisotopic (exact) mass is 241 g/mol. The van der Waals surface area contributed by atoms with Crippen molar-refractivity contribution in [3.8, 4) is 0 Å². The molecule has 1 N–H and O–H groups in total. The molecule has 1 saturated heterocycles. The maximum absolute atomic E-state index is 4.82. The predicted molar refractivity (Wildman–Crippen MR) is 71.2 cm³/mol. The molecule has 0 radical (unpaired) electrons. The van der Waals surface area contributed by atoms with Crippen LogP contribution in [0, 0.1) is 18.8 Å². The highest BCUT2D eigenvalue weighted by atomic mass is 14.9. The summed E-state index contributed by atoms with van der Waals surface area (Å²) in [5.41, 5.74) is 5.33. The SMILES string of the molecule is Cc1nc(C2=CC3CNCC3C2)nc2c1CCC2. The van der Waals surface area contributed by atoms with E-state index in [2.05, 4.69) is 18.3 Å². The summed E-state index contributed by atoms with van der Waals surface area (Å²) < 4.78 is 0. The van der Waals surface area contributed by atoms with Gasteiger partial charge in [-0.15, -0.1) is 0 Å². The van der Waals surface area contributed by atoms with Crippen LogP contribution in [0.1, 0.15) is 35.6 Å². The molecule has 0 aromatic carbocycles. The summed E-state index contributed by atoms with van der Waals surface area (Å²) in [6.07, 6.45) is 7.16. The van der Waals surface area contributed by atoms with Crippen LogP contribution in [0.3, 0.4) is 0 Å². The minimum atomic E-state index is 0.720. The molecule has 0 saturated carbocycles. The first-order chi connectivity index (χ1) is 8.81.